The summed E-state index contributed by atoms with van der Waals surface area (Å²) in [6, 6.07) is -0.0444. The molecule has 0 aromatic heterocycles. The third kappa shape index (κ3) is 12.9. The van der Waals surface area contributed by atoms with Gasteiger partial charge in [0.2, 0.25) is 0 Å². The lowest BCUT2D eigenvalue weighted by Gasteiger charge is -2.27. The molecule has 0 aromatic rings. The van der Waals surface area contributed by atoms with Crippen LogP contribution in [0.3, 0.4) is 0 Å². The monoisotopic (exact) mass is 299 g/mol. The molecule has 0 amide bonds. The highest BCUT2D eigenvalue weighted by Crippen LogP contribution is 2.18. The Morgan fingerprint density at radius 2 is 1.37 bits per heavy atom. The normalized spacial score (nSPS) is 12.6. The van der Waals surface area contributed by atoms with Gasteiger partial charge < -0.3 is 0 Å². The molecule has 0 rings (SSSR count). The highest BCUT2D eigenvalue weighted by atomic mass is 32.1. The van der Waals surface area contributed by atoms with Gasteiger partial charge in [-0.25, -0.2) is 0 Å². The van der Waals surface area contributed by atoms with Crippen LogP contribution >= 0.6 is 12.6 Å². The Labute approximate surface area is 121 Å². The zero-order chi connectivity index (χ0) is 14.7. The number of nitrogens with zero attached hydrogens (tertiary/aromatic N) is 1. The van der Waals surface area contributed by atoms with Crippen molar-refractivity contribution in [3.8, 4) is 0 Å². The van der Waals surface area contributed by atoms with Gasteiger partial charge in [-0.05, 0) is 39.0 Å². The first-order valence-corrected chi connectivity index (χ1v) is 7.91. The van der Waals surface area contributed by atoms with Crippen LogP contribution in [0.5, 0.6) is 0 Å². The Morgan fingerprint density at radius 1 is 0.895 bits per heavy atom. The molecule has 0 saturated carbocycles. The molecule has 0 heterocycles. The van der Waals surface area contributed by atoms with E-state index in [1.165, 1.54) is 24.2 Å². The Balaban J connectivity index is 3.60. The summed E-state index contributed by atoms with van der Waals surface area (Å²) in [6.07, 6.45) is 3.72. The molecular weight excluding hydrogens is 271 g/mol. The summed E-state index contributed by atoms with van der Waals surface area (Å²) < 4.78 is 37.1. The van der Waals surface area contributed by atoms with Crippen LogP contribution in [0.2, 0.25) is 0 Å². The Hall–Kier alpha value is 0.100. The molecule has 0 spiro atoms. The molecule has 0 radical (unpaired) electrons. The molecule has 0 aromatic carbocycles. The van der Waals surface area contributed by atoms with Crippen molar-refractivity contribution in [2.75, 3.05) is 18.8 Å². The second-order valence-corrected chi connectivity index (χ2v) is 5.83. The molecular formula is C14H28F3NS. The summed E-state index contributed by atoms with van der Waals surface area (Å²) >= 11 is 4.16. The summed E-state index contributed by atoms with van der Waals surface area (Å²) in [4.78, 5) is 1.51. The smallest absolute Gasteiger partial charge is 0.293 e. The van der Waals surface area contributed by atoms with Gasteiger partial charge in [-0.1, -0.05) is 32.1 Å². The van der Waals surface area contributed by atoms with Gasteiger partial charge in [0.05, 0.1) is 6.54 Å². The number of hydrogen-bond donors (Lipinski definition) is 1. The first-order valence-electron chi connectivity index (χ1n) is 7.28. The quantitative estimate of drug-likeness (QED) is 0.418. The molecule has 0 atom stereocenters. The zero-order valence-corrected chi connectivity index (χ0v) is 13.1. The Bertz CT molecular complexity index is 207. The van der Waals surface area contributed by atoms with Crippen molar-refractivity contribution in [2.45, 2.75) is 71.0 Å². The predicted octanol–water partition coefficient (Wildman–Crippen LogP) is 4.92. The molecule has 0 bridgehead atoms. The van der Waals surface area contributed by atoms with Crippen molar-refractivity contribution in [1.82, 2.24) is 4.90 Å². The molecule has 5 heteroatoms. The third-order valence-corrected chi connectivity index (χ3v) is 3.53. The van der Waals surface area contributed by atoms with Gasteiger partial charge in [0, 0.05) is 6.04 Å². The lowest BCUT2D eigenvalue weighted by Crippen LogP contribution is -2.39. The average molecular weight is 299 g/mol. The van der Waals surface area contributed by atoms with Crippen molar-refractivity contribution in [3.05, 3.63) is 0 Å². The first-order chi connectivity index (χ1) is 8.87. The maximum Gasteiger partial charge on any atom is 0.401 e. The maximum absolute atomic E-state index is 12.4. The fourth-order valence-corrected chi connectivity index (χ4v) is 2.28. The van der Waals surface area contributed by atoms with E-state index in [4.69, 9.17) is 0 Å². The topological polar surface area (TPSA) is 3.24 Å². The SMILES string of the molecule is CC(C)N(CCCCCCCCCS)CC(F)(F)F. The second-order valence-electron chi connectivity index (χ2n) is 5.38. The minimum absolute atomic E-state index is 0.0444. The standard InChI is InChI=1S/C14H28F3NS/c1-13(2)18(12-14(15,16)17)10-8-6-4-3-5-7-9-11-19/h13,19H,3-12H2,1-2H3. The summed E-state index contributed by atoms with van der Waals surface area (Å²) in [6.45, 7) is 3.41. The number of unbranched alkanes of at least 4 members (excludes halogenated alkanes) is 6. The summed E-state index contributed by atoms with van der Waals surface area (Å²) in [7, 11) is 0. The van der Waals surface area contributed by atoms with E-state index in [0.29, 0.717) is 6.54 Å². The van der Waals surface area contributed by atoms with E-state index >= 15 is 0 Å². The molecule has 0 aliphatic carbocycles. The number of halogens is 3. The van der Waals surface area contributed by atoms with E-state index in [2.05, 4.69) is 12.6 Å². The van der Waals surface area contributed by atoms with Crippen LogP contribution < -0.4 is 0 Å². The lowest BCUT2D eigenvalue weighted by molar-refractivity contribution is -0.149. The molecule has 0 N–H and O–H groups in total. The molecule has 0 unspecified atom stereocenters. The zero-order valence-electron chi connectivity index (χ0n) is 12.2. The van der Waals surface area contributed by atoms with Crippen molar-refractivity contribution in [1.29, 1.82) is 0 Å². The molecule has 19 heavy (non-hydrogen) atoms. The van der Waals surface area contributed by atoms with Gasteiger partial charge in [0.15, 0.2) is 0 Å². The molecule has 0 fully saturated rings. The van der Waals surface area contributed by atoms with E-state index in [0.717, 1.165) is 31.4 Å². The van der Waals surface area contributed by atoms with E-state index in [1.807, 2.05) is 13.8 Å². The third-order valence-electron chi connectivity index (χ3n) is 3.22. The fourth-order valence-electron chi connectivity index (χ4n) is 2.06. The van der Waals surface area contributed by atoms with Crippen LogP contribution in [-0.2, 0) is 0 Å². The Morgan fingerprint density at radius 3 is 1.79 bits per heavy atom. The lowest BCUT2D eigenvalue weighted by atomic mass is 10.1. The molecule has 1 nitrogen and oxygen atoms in total. The van der Waals surface area contributed by atoms with Gasteiger partial charge in [0.1, 0.15) is 0 Å². The molecule has 0 aliphatic heterocycles. The summed E-state index contributed by atoms with van der Waals surface area (Å²) in [5.41, 5.74) is 0. The van der Waals surface area contributed by atoms with Crippen LogP contribution in [-0.4, -0.2) is 36.0 Å². The number of alkyl halides is 3. The predicted molar refractivity (Wildman–Crippen MR) is 78.9 cm³/mol. The van der Waals surface area contributed by atoms with E-state index < -0.39 is 12.7 Å². The van der Waals surface area contributed by atoms with Crippen molar-refractivity contribution < 1.29 is 13.2 Å². The van der Waals surface area contributed by atoms with E-state index in [1.54, 1.807) is 0 Å². The van der Waals surface area contributed by atoms with Gasteiger partial charge >= 0.3 is 6.18 Å². The summed E-state index contributed by atoms with van der Waals surface area (Å²) in [5, 5.41) is 0. The minimum Gasteiger partial charge on any atom is -0.293 e. The van der Waals surface area contributed by atoms with Crippen LogP contribution in [0.4, 0.5) is 13.2 Å². The van der Waals surface area contributed by atoms with Gasteiger partial charge in [0.25, 0.3) is 0 Å². The molecule has 116 valence electrons. The van der Waals surface area contributed by atoms with E-state index in [9.17, 15) is 13.2 Å². The fraction of sp³-hybridized carbons (Fsp3) is 1.00. The summed E-state index contributed by atoms with van der Waals surface area (Å²) in [5.74, 6) is 0.945. The number of hydrogen-bond acceptors (Lipinski definition) is 2. The largest absolute Gasteiger partial charge is 0.401 e. The van der Waals surface area contributed by atoms with Gasteiger partial charge in [-0.2, -0.15) is 25.8 Å². The number of thiol groups is 1. The van der Waals surface area contributed by atoms with Crippen LogP contribution in [0.1, 0.15) is 58.8 Å². The van der Waals surface area contributed by atoms with Crippen LogP contribution in [0, 0.1) is 0 Å². The number of rotatable bonds is 11. The average Bonchev–Trinajstić information content (AvgIpc) is 2.29. The Kier molecular flexibility index (Phi) is 10.9. The highest BCUT2D eigenvalue weighted by Gasteiger charge is 2.31. The van der Waals surface area contributed by atoms with Crippen LogP contribution in [0.15, 0.2) is 0 Å². The van der Waals surface area contributed by atoms with Crippen molar-refractivity contribution in [2.24, 2.45) is 0 Å². The van der Waals surface area contributed by atoms with Crippen LogP contribution in [0.25, 0.3) is 0 Å². The first kappa shape index (κ1) is 19.1. The second kappa shape index (κ2) is 10.8. The maximum atomic E-state index is 12.4. The van der Waals surface area contributed by atoms with Crippen molar-refractivity contribution >= 4 is 12.6 Å². The van der Waals surface area contributed by atoms with Crippen molar-refractivity contribution in [3.63, 3.8) is 0 Å². The molecule has 0 aliphatic rings. The van der Waals surface area contributed by atoms with Gasteiger partial charge in [-0.3, -0.25) is 4.90 Å². The highest BCUT2D eigenvalue weighted by molar-refractivity contribution is 7.80. The minimum atomic E-state index is -4.09. The molecule has 0 saturated heterocycles. The van der Waals surface area contributed by atoms with E-state index in [-0.39, 0.29) is 6.04 Å². The van der Waals surface area contributed by atoms with Gasteiger partial charge in [-0.15, -0.1) is 0 Å².